The van der Waals surface area contributed by atoms with E-state index in [-0.39, 0.29) is 17.9 Å². The van der Waals surface area contributed by atoms with Gasteiger partial charge in [-0.05, 0) is 43.8 Å². The van der Waals surface area contributed by atoms with Crippen molar-refractivity contribution < 1.29 is 9.18 Å². The van der Waals surface area contributed by atoms with Gasteiger partial charge in [-0.1, -0.05) is 6.92 Å². The molecule has 3 rings (SSSR count). The van der Waals surface area contributed by atoms with Gasteiger partial charge in [0.25, 0.3) is 0 Å². The topological polar surface area (TPSA) is 60.5 Å². The first-order chi connectivity index (χ1) is 13.1. The molecule has 0 saturated carbocycles. The molecule has 0 unspecified atom stereocenters. The normalized spacial score (nSPS) is 16.0. The van der Waals surface area contributed by atoms with Gasteiger partial charge in [-0.3, -0.25) is 4.98 Å². The van der Waals surface area contributed by atoms with Gasteiger partial charge in [0.05, 0.1) is 17.9 Å². The van der Waals surface area contributed by atoms with Crippen LogP contribution in [0, 0.1) is 5.82 Å². The Morgan fingerprint density at radius 3 is 2.70 bits per heavy atom. The summed E-state index contributed by atoms with van der Waals surface area (Å²) in [4.78, 5) is 20.9. The molecule has 144 valence electrons. The molecule has 27 heavy (non-hydrogen) atoms. The molecule has 1 aromatic carbocycles. The van der Waals surface area contributed by atoms with E-state index in [4.69, 9.17) is 0 Å². The van der Waals surface area contributed by atoms with Crippen LogP contribution in [-0.2, 0) is 0 Å². The Morgan fingerprint density at radius 2 is 2.04 bits per heavy atom. The fourth-order valence-electron chi connectivity index (χ4n) is 3.34. The third kappa shape index (κ3) is 4.95. The summed E-state index contributed by atoms with van der Waals surface area (Å²) in [6.07, 6.45) is 3.22. The number of hydrogen-bond acceptors (Lipinski definition) is 4. The number of pyridine rings is 1. The third-order valence-electron chi connectivity index (χ3n) is 4.88. The minimum absolute atomic E-state index is 0.303. The predicted octanol–water partition coefficient (Wildman–Crippen LogP) is 3.25. The lowest BCUT2D eigenvalue weighted by molar-refractivity contribution is 0.249. The van der Waals surface area contributed by atoms with Gasteiger partial charge in [0.1, 0.15) is 5.82 Å². The van der Waals surface area contributed by atoms with Crippen LogP contribution >= 0.6 is 0 Å². The van der Waals surface area contributed by atoms with Crippen molar-refractivity contribution in [1.29, 1.82) is 0 Å². The summed E-state index contributed by atoms with van der Waals surface area (Å²) in [5, 5.41) is 5.63. The number of carbonyl (C=O) groups excluding carboxylic acids is 1. The van der Waals surface area contributed by atoms with Crippen molar-refractivity contribution in [3.63, 3.8) is 0 Å². The van der Waals surface area contributed by atoms with Crippen LogP contribution in [0.4, 0.5) is 20.6 Å². The maximum atomic E-state index is 13.9. The number of rotatable bonds is 5. The molecule has 2 N–H and O–H groups in total. The molecule has 2 amide bonds. The number of piperazine rings is 1. The lowest BCUT2D eigenvalue weighted by Gasteiger charge is -2.37. The average molecular weight is 371 g/mol. The van der Waals surface area contributed by atoms with Crippen molar-refractivity contribution in [2.75, 3.05) is 42.9 Å². The molecule has 0 bridgehead atoms. The molecule has 1 aliphatic heterocycles. The molecule has 0 aliphatic carbocycles. The lowest BCUT2D eigenvalue weighted by Crippen LogP contribution is -2.46. The summed E-state index contributed by atoms with van der Waals surface area (Å²) < 4.78 is 13.9. The number of halogens is 1. The molecular formula is C20H26FN5O. The SMILES string of the molecule is CCN1CCN(c2ccc(F)cc2[C@H](C)NC(=O)Nc2cccnc2)CC1. The summed E-state index contributed by atoms with van der Waals surface area (Å²) in [6, 6.07) is 7.63. The van der Waals surface area contributed by atoms with E-state index in [1.807, 2.05) is 13.0 Å². The Morgan fingerprint density at radius 1 is 1.26 bits per heavy atom. The summed E-state index contributed by atoms with van der Waals surface area (Å²) in [5.41, 5.74) is 2.36. The van der Waals surface area contributed by atoms with Gasteiger partial charge in [0.2, 0.25) is 0 Å². The van der Waals surface area contributed by atoms with Crippen molar-refractivity contribution in [1.82, 2.24) is 15.2 Å². The number of aromatic nitrogens is 1. The number of carbonyl (C=O) groups is 1. The zero-order chi connectivity index (χ0) is 19.2. The second-order valence-corrected chi connectivity index (χ2v) is 6.69. The van der Waals surface area contributed by atoms with Crippen LogP contribution in [0.1, 0.15) is 25.5 Å². The highest BCUT2D eigenvalue weighted by atomic mass is 19.1. The van der Waals surface area contributed by atoms with Crippen LogP contribution in [0.3, 0.4) is 0 Å². The Kier molecular flexibility index (Phi) is 6.24. The van der Waals surface area contributed by atoms with Crippen LogP contribution in [0.25, 0.3) is 0 Å². The Hall–Kier alpha value is -2.67. The van der Waals surface area contributed by atoms with Gasteiger partial charge < -0.3 is 20.4 Å². The summed E-state index contributed by atoms with van der Waals surface area (Å²) in [5.74, 6) is -0.303. The highest BCUT2D eigenvalue weighted by Crippen LogP contribution is 2.28. The van der Waals surface area contributed by atoms with Gasteiger partial charge >= 0.3 is 6.03 Å². The fraction of sp³-hybridized carbons (Fsp3) is 0.400. The van der Waals surface area contributed by atoms with Crippen LogP contribution in [-0.4, -0.2) is 48.6 Å². The molecule has 6 nitrogen and oxygen atoms in total. The molecule has 1 atom stereocenters. The van der Waals surface area contributed by atoms with E-state index in [0.717, 1.165) is 44.0 Å². The minimum Gasteiger partial charge on any atom is -0.369 e. The van der Waals surface area contributed by atoms with Crippen LogP contribution in [0.15, 0.2) is 42.7 Å². The fourth-order valence-corrected chi connectivity index (χ4v) is 3.34. The van der Waals surface area contributed by atoms with E-state index in [1.165, 1.54) is 12.1 Å². The first kappa shape index (κ1) is 19.1. The first-order valence-corrected chi connectivity index (χ1v) is 9.31. The molecule has 2 aromatic rings. The third-order valence-corrected chi connectivity index (χ3v) is 4.88. The number of likely N-dealkylation sites (N-methyl/N-ethyl adjacent to an activating group) is 1. The second kappa shape index (κ2) is 8.81. The van der Waals surface area contributed by atoms with Gasteiger partial charge in [-0.15, -0.1) is 0 Å². The first-order valence-electron chi connectivity index (χ1n) is 9.31. The van der Waals surface area contributed by atoms with E-state index in [2.05, 4.69) is 32.3 Å². The highest BCUT2D eigenvalue weighted by Gasteiger charge is 2.21. The smallest absolute Gasteiger partial charge is 0.319 e. The van der Waals surface area contributed by atoms with Crippen molar-refractivity contribution >= 4 is 17.4 Å². The largest absolute Gasteiger partial charge is 0.369 e. The number of hydrogen-bond donors (Lipinski definition) is 2. The number of nitrogens with one attached hydrogen (secondary N) is 2. The van der Waals surface area contributed by atoms with Gasteiger partial charge in [0.15, 0.2) is 0 Å². The Bertz CT molecular complexity index is 762. The van der Waals surface area contributed by atoms with Crippen LogP contribution < -0.4 is 15.5 Å². The van der Waals surface area contributed by atoms with E-state index in [0.29, 0.717) is 5.69 Å². The Labute approximate surface area is 159 Å². The van der Waals surface area contributed by atoms with Crippen molar-refractivity contribution in [2.24, 2.45) is 0 Å². The zero-order valence-corrected chi connectivity index (χ0v) is 15.8. The molecule has 1 aromatic heterocycles. The van der Waals surface area contributed by atoms with Crippen molar-refractivity contribution in [3.05, 3.63) is 54.1 Å². The van der Waals surface area contributed by atoms with Crippen molar-refractivity contribution in [2.45, 2.75) is 19.9 Å². The molecule has 7 heteroatoms. The molecule has 2 heterocycles. The lowest BCUT2D eigenvalue weighted by atomic mass is 10.0. The molecule has 1 aliphatic rings. The van der Waals surface area contributed by atoms with Crippen LogP contribution in [0.5, 0.6) is 0 Å². The van der Waals surface area contributed by atoms with Gasteiger partial charge in [-0.2, -0.15) is 0 Å². The van der Waals surface area contributed by atoms with E-state index in [9.17, 15) is 9.18 Å². The van der Waals surface area contributed by atoms with E-state index in [1.54, 1.807) is 24.5 Å². The summed E-state index contributed by atoms with van der Waals surface area (Å²) in [7, 11) is 0. The van der Waals surface area contributed by atoms with E-state index < -0.39 is 0 Å². The predicted molar refractivity (Wildman–Crippen MR) is 106 cm³/mol. The quantitative estimate of drug-likeness (QED) is 0.847. The van der Waals surface area contributed by atoms with Gasteiger partial charge in [-0.25, -0.2) is 9.18 Å². The molecular weight excluding hydrogens is 345 g/mol. The number of urea groups is 1. The minimum atomic E-state index is -0.346. The molecule has 1 saturated heterocycles. The Balaban J connectivity index is 1.71. The molecule has 0 spiro atoms. The molecule has 0 radical (unpaired) electrons. The number of anilines is 2. The number of nitrogens with zero attached hydrogens (tertiary/aromatic N) is 3. The number of benzene rings is 1. The maximum Gasteiger partial charge on any atom is 0.319 e. The maximum absolute atomic E-state index is 13.9. The highest BCUT2D eigenvalue weighted by molar-refractivity contribution is 5.89. The number of amides is 2. The standard InChI is InChI=1S/C20H26FN5O/c1-3-25-9-11-26(12-10-25)19-7-6-16(21)13-18(19)15(2)23-20(27)24-17-5-4-8-22-14-17/h4-8,13-15H,3,9-12H2,1-2H3,(H2,23,24,27)/t15-/m0/s1. The molecule has 1 fully saturated rings. The summed E-state index contributed by atoms with van der Waals surface area (Å²) in [6.45, 7) is 8.81. The second-order valence-electron chi connectivity index (χ2n) is 6.69. The van der Waals surface area contributed by atoms with Crippen molar-refractivity contribution in [3.8, 4) is 0 Å². The monoisotopic (exact) mass is 371 g/mol. The zero-order valence-electron chi connectivity index (χ0n) is 15.8. The summed E-state index contributed by atoms with van der Waals surface area (Å²) >= 11 is 0. The average Bonchev–Trinajstić information content (AvgIpc) is 2.68. The van der Waals surface area contributed by atoms with Gasteiger partial charge in [0, 0.05) is 43.6 Å². The van der Waals surface area contributed by atoms with Crippen LogP contribution in [0.2, 0.25) is 0 Å². The van der Waals surface area contributed by atoms with E-state index >= 15 is 0 Å².